The van der Waals surface area contributed by atoms with Crippen molar-refractivity contribution in [2.45, 2.75) is 13.8 Å². The number of benzene rings is 1. The number of thiazole rings is 1. The lowest BCUT2D eigenvalue weighted by molar-refractivity contribution is 1.11. The Morgan fingerprint density at radius 2 is 2.00 bits per heavy atom. The highest BCUT2D eigenvalue weighted by Crippen LogP contribution is 2.28. The lowest BCUT2D eigenvalue weighted by Gasteiger charge is -2.13. The molecule has 0 amide bonds. The SMILES string of the molecule is Cc1nc(N=Nc2ccc(N(C)C)cc2C)c(C#N)s1. The summed E-state index contributed by atoms with van der Waals surface area (Å²) in [5.41, 5.74) is 2.93. The molecule has 0 spiro atoms. The summed E-state index contributed by atoms with van der Waals surface area (Å²) in [5.74, 6) is 0.395. The monoisotopic (exact) mass is 285 g/mol. The summed E-state index contributed by atoms with van der Waals surface area (Å²) in [5, 5.41) is 18.1. The van der Waals surface area contributed by atoms with Crippen LogP contribution in [0, 0.1) is 25.2 Å². The van der Waals surface area contributed by atoms with Crippen LogP contribution >= 0.6 is 11.3 Å². The molecule has 0 N–H and O–H groups in total. The highest BCUT2D eigenvalue weighted by atomic mass is 32.1. The van der Waals surface area contributed by atoms with Crippen molar-refractivity contribution in [2.75, 3.05) is 19.0 Å². The molecule has 0 aliphatic rings. The van der Waals surface area contributed by atoms with E-state index in [1.54, 1.807) is 0 Å². The second-order valence-electron chi connectivity index (χ2n) is 4.56. The van der Waals surface area contributed by atoms with Crippen LogP contribution in [-0.2, 0) is 0 Å². The summed E-state index contributed by atoms with van der Waals surface area (Å²) in [4.78, 5) is 6.73. The van der Waals surface area contributed by atoms with E-state index >= 15 is 0 Å². The Balaban J connectivity index is 2.30. The third-order valence-electron chi connectivity index (χ3n) is 2.77. The first kappa shape index (κ1) is 14.2. The van der Waals surface area contributed by atoms with Gasteiger partial charge in [-0.2, -0.15) is 5.26 Å². The molecule has 1 heterocycles. The maximum atomic E-state index is 8.99. The van der Waals surface area contributed by atoms with Gasteiger partial charge in [0, 0.05) is 19.8 Å². The van der Waals surface area contributed by atoms with Crippen LogP contribution in [0.4, 0.5) is 17.2 Å². The van der Waals surface area contributed by atoms with Gasteiger partial charge < -0.3 is 4.90 Å². The van der Waals surface area contributed by atoms with Crippen LogP contribution in [-0.4, -0.2) is 19.1 Å². The summed E-state index contributed by atoms with van der Waals surface area (Å²) in [6, 6.07) is 8.04. The maximum Gasteiger partial charge on any atom is 0.203 e. The molecule has 1 aromatic carbocycles. The van der Waals surface area contributed by atoms with Gasteiger partial charge in [-0.25, -0.2) is 4.98 Å². The van der Waals surface area contributed by atoms with Crippen LogP contribution in [0.2, 0.25) is 0 Å². The second-order valence-corrected chi connectivity index (χ2v) is 5.77. The molecular formula is C14H15N5S. The van der Waals surface area contributed by atoms with Crippen molar-refractivity contribution in [3.63, 3.8) is 0 Å². The third-order valence-corrected chi connectivity index (χ3v) is 3.63. The Hall–Kier alpha value is -2.26. The van der Waals surface area contributed by atoms with Gasteiger partial charge in [0.05, 0.1) is 10.7 Å². The van der Waals surface area contributed by atoms with Crippen molar-refractivity contribution in [3.05, 3.63) is 33.6 Å². The predicted molar refractivity (Wildman–Crippen MR) is 81.2 cm³/mol. The topological polar surface area (TPSA) is 64.6 Å². The number of rotatable bonds is 3. The fourth-order valence-corrected chi connectivity index (χ4v) is 2.34. The van der Waals surface area contributed by atoms with Crippen LogP contribution < -0.4 is 4.90 Å². The molecule has 0 saturated carbocycles. The lowest BCUT2D eigenvalue weighted by Crippen LogP contribution is -2.08. The fourth-order valence-electron chi connectivity index (χ4n) is 1.69. The highest BCUT2D eigenvalue weighted by molar-refractivity contribution is 7.12. The quantitative estimate of drug-likeness (QED) is 0.797. The normalized spacial score (nSPS) is 10.8. The Bertz CT molecular complexity index is 694. The van der Waals surface area contributed by atoms with Crippen LogP contribution in [0.3, 0.4) is 0 Å². The average Bonchev–Trinajstić information content (AvgIpc) is 2.77. The van der Waals surface area contributed by atoms with Crippen LogP contribution in [0.25, 0.3) is 0 Å². The van der Waals surface area contributed by atoms with Gasteiger partial charge in [0.25, 0.3) is 0 Å². The number of aryl methyl sites for hydroxylation is 2. The van der Waals surface area contributed by atoms with Crippen LogP contribution in [0.5, 0.6) is 0 Å². The van der Waals surface area contributed by atoms with E-state index in [-0.39, 0.29) is 0 Å². The molecule has 2 rings (SSSR count). The molecule has 0 saturated heterocycles. The minimum atomic E-state index is 0.395. The van der Waals surface area contributed by atoms with Gasteiger partial charge in [-0.05, 0) is 37.6 Å². The molecule has 0 aliphatic heterocycles. The predicted octanol–water partition coefficient (Wildman–Crippen LogP) is 4.11. The number of nitriles is 1. The second kappa shape index (κ2) is 5.80. The summed E-state index contributed by atoms with van der Waals surface area (Å²) in [6.45, 7) is 3.83. The van der Waals surface area contributed by atoms with E-state index in [0.717, 1.165) is 21.9 Å². The zero-order valence-corrected chi connectivity index (χ0v) is 12.7. The van der Waals surface area contributed by atoms with E-state index in [2.05, 4.69) is 21.3 Å². The van der Waals surface area contributed by atoms with E-state index in [4.69, 9.17) is 5.26 Å². The van der Waals surface area contributed by atoms with E-state index in [1.165, 1.54) is 11.3 Å². The molecule has 6 heteroatoms. The number of anilines is 1. The van der Waals surface area contributed by atoms with Gasteiger partial charge >= 0.3 is 0 Å². The summed E-state index contributed by atoms with van der Waals surface area (Å²) in [7, 11) is 3.99. The molecule has 0 radical (unpaired) electrons. The zero-order chi connectivity index (χ0) is 14.7. The Kier molecular flexibility index (Phi) is 4.11. The molecule has 5 nitrogen and oxygen atoms in total. The maximum absolute atomic E-state index is 8.99. The van der Waals surface area contributed by atoms with E-state index in [9.17, 15) is 0 Å². The van der Waals surface area contributed by atoms with Gasteiger partial charge in [-0.3, -0.25) is 0 Å². The first-order valence-corrected chi connectivity index (χ1v) is 6.90. The summed E-state index contributed by atoms with van der Waals surface area (Å²) in [6.07, 6.45) is 0. The molecule has 1 aromatic heterocycles. The third kappa shape index (κ3) is 3.00. The molecule has 0 fully saturated rings. The van der Waals surface area contributed by atoms with Gasteiger partial charge in [0.1, 0.15) is 6.07 Å². The molecule has 0 bridgehead atoms. The minimum Gasteiger partial charge on any atom is -0.378 e. The summed E-state index contributed by atoms with van der Waals surface area (Å²) >= 11 is 1.33. The van der Waals surface area contributed by atoms with Crippen LogP contribution in [0.15, 0.2) is 28.4 Å². The van der Waals surface area contributed by atoms with Gasteiger partial charge in [-0.15, -0.1) is 21.6 Å². The zero-order valence-electron chi connectivity index (χ0n) is 11.9. The molecule has 0 atom stereocenters. The standard InChI is InChI=1S/C14H15N5S/c1-9-7-11(19(3)4)5-6-12(9)17-18-14-13(8-15)20-10(2)16-14/h5-7H,1-4H3. The number of hydrogen-bond acceptors (Lipinski definition) is 6. The highest BCUT2D eigenvalue weighted by Gasteiger charge is 2.07. The van der Waals surface area contributed by atoms with E-state index in [0.29, 0.717) is 10.7 Å². The van der Waals surface area contributed by atoms with E-state index in [1.807, 2.05) is 51.0 Å². The Morgan fingerprint density at radius 3 is 2.60 bits per heavy atom. The molecule has 102 valence electrons. The van der Waals surface area contributed by atoms with E-state index < -0.39 is 0 Å². The van der Waals surface area contributed by atoms with Gasteiger partial charge in [0.15, 0.2) is 4.88 Å². The summed E-state index contributed by atoms with van der Waals surface area (Å²) < 4.78 is 0. The Morgan fingerprint density at radius 1 is 1.25 bits per heavy atom. The van der Waals surface area contributed by atoms with Crippen molar-refractivity contribution in [1.29, 1.82) is 5.26 Å². The smallest absolute Gasteiger partial charge is 0.203 e. The van der Waals surface area contributed by atoms with Gasteiger partial charge in [0.2, 0.25) is 5.82 Å². The van der Waals surface area contributed by atoms with Crippen molar-refractivity contribution >= 4 is 28.5 Å². The molecule has 20 heavy (non-hydrogen) atoms. The van der Waals surface area contributed by atoms with Crippen molar-refractivity contribution < 1.29 is 0 Å². The first-order valence-electron chi connectivity index (χ1n) is 6.08. The lowest BCUT2D eigenvalue weighted by atomic mass is 10.2. The van der Waals surface area contributed by atoms with Crippen LogP contribution in [0.1, 0.15) is 15.4 Å². The fraction of sp³-hybridized carbons (Fsp3) is 0.286. The number of nitrogens with zero attached hydrogens (tertiary/aromatic N) is 5. The molecule has 0 aliphatic carbocycles. The molecular weight excluding hydrogens is 270 g/mol. The number of hydrogen-bond donors (Lipinski definition) is 0. The largest absolute Gasteiger partial charge is 0.378 e. The average molecular weight is 285 g/mol. The number of aromatic nitrogens is 1. The molecule has 0 unspecified atom stereocenters. The number of azo groups is 1. The van der Waals surface area contributed by atoms with Crippen molar-refractivity contribution in [3.8, 4) is 6.07 Å². The van der Waals surface area contributed by atoms with Gasteiger partial charge in [-0.1, -0.05) is 0 Å². The Labute approximate surface area is 122 Å². The van der Waals surface area contributed by atoms with Crippen molar-refractivity contribution in [2.24, 2.45) is 10.2 Å². The minimum absolute atomic E-state index is 0.395. The first-order chi connectivity index (χ1) is 9.51. The van der Waals surface area contributed by atoms with Crippen molar-refractivity contribution in [1.82, 2.24) is 4.98 Å². The molecule has 2 aromatic rings.